The number of rotatable bonds is 1. The van der Waals surface area contributed by atoms with Crippen LogP contribution in [0.25, 0.3) is 0 Å². The van der Waals surface area contributed by atoms with Crippen LogP contribution in [0.4, 0.5) is 0 Å². The van der Waals surface area contributed by atoms with Gasteiger partial charge in [-0.1, -0.05) is 36.4 Å². The third-order valence-corrected chi connectivity index (χ3v) is 6.99. The summed E-state index contributed by atoms with van der Waals surface area (Å²) in [5.41, 5.74) is 1.52. The molecule has 1 heteroatoms. The van der Waals surface area contributed by atoms with E-state index in [2.05, 4.69) is 36.4 Å². The monoisotopic (exact) mass is 262 g/mol. The van der Waals surface area contributed by atoms with E-state index in [0.29, 0.717) is 0 Å². The normalized spacial score (nSPS) is 70.6. The smallest absolute Gasteiger partial charge is 0.00574 e. The Labute approximate surface area is 82.3 Å². The zero-order chi connectivity index (χ0) is 7.85. The first-order valence-electron chi connectivity index (χ1n) is 4.70. The van der Waals surface area contributed by atoms with Crippen molar-refractivity contribution in [3.8, 4) is 0 Å². The van der Waals surface area contributed by atoms with Crippen molar-refractivity contribution in [1.82, 2.24) is 0 Å². The van der Waals surface area contributed by atoms with Gasteiger partial charge in [0.1, 0.15) is 0 Å². The van der Waals surface area contributed by atoms with Crippen LogP contribution in [0.15, 0.2) is 0 Å². The minimum Gasteiger partial charge on any atom is -0.0857 e. The van der Waals surface area contributed by atoms with Gasteiger partial charge in [0, 0.05) is 4.43 Å². The third kappa shape index (κ3) is 0.493. The molecule has 4 bridgehead atoms. The summed E-state index contributed by atoms with van der Waals surface area (Å²) in [6, 6.07) is 0. The number of alkyl halides is 1. The summed E-state index contributed by atoms with van der Waals surface area (Å²) >= 11 is 2.60. The first-order chi connectivity index (χ1) is 5.14. The van der Waals surface area contributed by atoms with Gasteiger partial charge in [-0.25, -0.2) is 0 Å². The van der Waals surface area contributed by atoms with E-state index in [1.165, 1.54) is 4.43 Å². The van der Waals surface area contributed by atoms with E-state index in [4.69, 9.17) is 0 Å². The van der Waals surface area contributed by atoms with Crippen molar-refractivity contribution in [1.29, 1.82) is 0 Å². The molecule has 11 heavy (non-hydrogen) atoms. The van der Waals surface area contributed by atoms with Crippen LogP contribution in [0.2, 0.25) is 0 Å². The van der Waals surface area contributed by atoms with Crippen LogP contribution in [0.1, 0.15) is 26.7 Å². The van der Waals surface area contributed by atoms with E-state index in [-0.39, 0.29) is 0 Å². The van der Waals surface area contributed by atoms with Gasteiger partial charge in [0.05, 0.1) is 0 Å². The second-order valence-corrected chi connectivity index (χ2v) is 5.98. The fraction of sp³-hybridized carbons (Fsp3) is 1.00. The maximum atomic E-state index is 2.60. The summed E-state index contributed by atoms with van der Waals surface area (Å²) in [4.78, 5) is 0. The van der Waals surface area contributed by atoms with Gasteiger partial charge in [-0.3, -0.25) is 0 Å². The first kappa shape index (κ1) is 7.16. The third-order valence-electron chi connectivity index (χ3n) is 5.40. The van der Waals surface area contributed by atoms with Gasteiger partial charge in [0.25, 0.3) is 0 Å². The SMILES string of the molecule is CC12[C@@H]3CC(C[C@@H]31)[C@]2(C)CI. The molecule has 0 aromatic rings. The van der Waals surface area contributed by atoms with E-state index >= 15 is 0 Å². The number of hydrogen-bond acceptors (Lipinski definition) is 0. The molecule has 4 rings (SSSR count). The van der Waals surface area contributed by atoms with Gasteiger partial charge in [0.15, 0.2) is 0 Å². The zero-order valence-electron chi connectivity index (χ0n) is 7.23. The largest absolute Gasteiger partial charge is 0.0857 e. The molecular weight excluding hydrogens is 247 g/mol. The van der Waals surface area contributed by atoms with Crippen molar-refractivity contribution in [2.45, 2.75) is 26.7 Å². The van der Waals surface area contributed by atoms with E-state index in [0.717, 1.165) is 28.6 Å². The van der Waals surface area contributed by atoms with Crippen molar-refractivity contribution in [2.24, 2.45) is 28.6 Å². The zero-order valence-corrected chi connectivity index (χ0v) is 9.39. The average Bonchev–Trinajstić information content (AvgIpc) is 2.42. The molecule has 4 aliphatic carbocycles. The summed E-state index contributed by atoms with van der Waals surface area (Å²) in [6.45, 7) is 5.09. The summed E-state index contributed by atoms with van der Waals surface area (Å²) in [5.74, 6) is 3.39. The Morgan fingerprint density at radius 2 is 1.82 bits per heavy atom. The van der Waals surface area contributed by atoms with Gasteiger partial charge < -0.3 is 0 Å². The molecule has 0 N–H and O–H groups in total. The summed E-state index contributed by atoms with van der Waals surface area (Å²) < 4.78 is 1.39. The van der Waals surface area contributed by atoms with Crippen molar-refractivity contribution < 1.29 is 0 Å². The predicted octanol–water partition coefficient (Wildman–Crippen LogP) is 3.10. The minimum absolute atomic E-state index is 0.725. The van der Waals surface area contributed by atoms with Crippen LogP contribution in [0.5, 0.6) is 0 Å². The van der Waals surface area contributed by atoms with Crippen LogP contribution in [-0.4, -0.2) is 4.43 Å². The molecule has 0 aromatic heterocycles. The fourth-order valence-corrected chi connectivity index (χ4v) is 5.73. The first-order valence-corrected chi connectivity index (χ1v) is 6.23. The molecule has 5 atom stereocenters. The Hall–Kier alpha value is 0.730. The van der Waals surface area contributed by atoms with Crippen LogP contribution in [0, 0.1) is 28.6 Å². The number of hydrogen-bond donors (Lipinski definition) is 0. The second kappa shape index (κ2) is 1.66. The highest BCUT2D eigenvalue weighted by molar-refractivity contribution is 14.1. The lowest BCUT2D eigenvalue weighted by Crippen LogP contribution is -2.28. The summed E-state index contributed by atoms with van der Waals surface area (Å²) in [6.07, 6.45) is 3.14. The molecule has 0 heterocycles. The summed E-state index contributed by atoms with van der Waals surface area (Å²) in [5, 5.41) is 0. The molecule has 4 fully saturated rings. The highest BCUT2D eigenvalue weighted by Gasteiger charge is 2.80. The van der Waals surface area contributed by atoms with Gasteiger partial charge >= 0.3 is 0 Å². The fourth-order valence-electron chi connectivity index (χ4n) is 4.29. The lowest BCUT2D eigenvalue weighted by Gasteiger charge is -2.31. The molecule has 0 amide bonds. The Morgan fingerprint density at radius 3 is 2.00 bits per heavy atom. The molecule has 62 valence electrons. The Morgan fingerprint density at radius 1 is 1.27 bits per heavy atom. The number of halogens is 1. The molecule has 0 nitrogen and oxygen atoms in total. The summed E-state index contributed by atoms with van der Waals surface area (Å²) in [7, 11) is 0. The molecule has 0 aromatic carbocycles. The van der Waals surface area contributed by atoms with Crippen LogP contribution >= 0.6 is 22.6 Å². The van der Waals surface area contributed by atoms with Gasteiger partial charge in [-0.2, -0.15) is 0 Å². The van der Waals surface area contributed by atoms with Gasteiger partial charge in [-0.15, -0.1) is 0 Å². The Kier molecular flexibility index (Phi) is 1.08. The highest BCUT2D eigenvalue weighted by Crippen LogP contribution is 2.86. The van der Waals surface area contributed by atoms with Crippen LogP contribution in [-0.2, 0) is 0 Å². The standard InChI is InChI=1S/C10H15I/c1-9(5-11)6-3-7-8(4-6)10(7,9)2/h6-8H,3-5H2,1-2H3/t6?,7-,8+,9-,10?/m0/s1. The quantitative estimate of drug-likeness (QED) is 0.503. The molecular formula is C10H15I. The van der Waals surface area contributed by atoms with Gasteiger partial charge in [-0.05, 0) is 41.4 Å². The lowest BCUT2D eigenvalue weighted by molar-refractivity contribution is 0.212. The molecule has 0 radical (unpaired) electrons. The van der Waals surface area contributed by atoms with Crippen LogP contribution < -0.4 is 0 Å². The average molecular weight is 262 g/mol. The van der Waals surface area contributed by atoms with Crippen LogP contribution in [0.3, 0.4) is 0 Å². The minimum atomic E-state index is 0.725. The Balaban J connectivity index is 2.10. The van der Waals surface area contributed by atoms with Crippen molar-refractivity contribution in [2.75, 3.05) is 4.43 Å². The van der Waals surface area contributed by atoms with Gasteiger partial charge in [0.2, 0.25) is 0 Å². The second-order valence-electron chi connectivity index (χ2n) is 5.22. The van der Waals surface area contributed by atoms with Crippen molar-refractivity contribution in [3.05, 3.63) is 0 Å². The Bertz CT molecular complexity index is 211. The highest BCUT2D eigenvalue weighted by atomic mass is 127. The molecule has 0 spiro atoms. The van der Waals surface area contributed by atoms with E-state index in [9.17, 15) is 0 Å². The maximum Gasteiger partial charge on any atom is 0.00574 e. The molecule has 0 saturated heterocycles. The maximum absolute atomic E-state index is 2.60. The predicted molar refractivity (Wildman–Crippen MR) is 54.8 cm³/mol. The van der Waals surface area contributed by atoms with E-state index in [1.54, 1.807) is 12.8 Å². The van der Waals surface area contributed by atoms with Crippen molar-refractivity contribution >= 4 is 22.6 Å². The lowest BCUT2D eigenvalue weighted by atomic mass is 9.76. The molecule has 0 aliphatic heterocycles. The van der Waals surface area contributed by atoms with Crippen molar-refractivity contribution in [3.63, 3.8) is 0 Å². The molecule has 2 unspecified atom stereocenters. The van der Waals surface area contributed by atoms with E-state index < -0.39 is 0 Å². The molecule has 4 aliphatic rings. The topological polar surface area (TPSA) is 0 Å². The van der Waals surface area contributed by atoms with E-state index in [1.807, 2.05) is 0 Å². The molecule has 4 saturated carbocycles.